The maximum Gasteiger partial charge on any atom is 0.256 e. The molecular formula is C40H36N6O4. The van der Waals surface area contributed by atoms with E-state index in [9.17, 15) is 19.8 Å². The lowest BCUT2D eigenvalue weighted by atomic mass is 10.1. The Morgan fingerprint density at radius 3 is 1.48 bits per heavy atom. The molecular weight excluding hydrogens is 628 g/mol. The van der Waals surface area contributed by atoms with Crippen LogP contribution < -0.4 is 0 Å². The average molecular weight is 665 g/mol. The van der Waals surface area contributed by atoms with Crippen molar-refractivity contribution in [3.05, 3.63) is 131 Å². The van der Waals surface area contributed by atoms with E-state index in [1.807, 2.05) is 72.8 Å². The van der Waals surface area contributed by atoms with E-state index in [1.54, 1.807) is 34.1 Å². The quantitative estimate of drug-likeness (QED) is 0.170. The number of imidazole rings is 2. The van der Waals surface area contributed by atoms with Gasteiger partial charge in [-0.1, -0.05) is 72.5 Å². The zero-order chi connectivity index (χ0) is 34.2. The summed E-state index contributed by atoms with van der Waals surface area (Å²) in [4.78, 5) is 46.5. The van der Waals surface area contributed by atoms with Crippen LogP contribution in [0, 0.1) is 11.8 Å². The number of aromatic nitrogens is 4. The number of aliphatic hydroxyl groups excluding tert-OH is 2. The van der Waals surface area contributed by atoms with Crippen molar-refractivity contribution in [2.45, 2.75) is 50.0 Å². The van der Waals surface area contributed by atoms with E-state index >= 15 is 0 Å². The second-order valence-corrected chi connectivity index (χ2v) is 13.0. The highest BCUT2D eigenvalue weighted by molar-refractivity contribution is 5.84. The summed E-state index contributed by atoms with van der Waals surface area (Å²) < 4.78 is 0. The molecule has 0 bridgehead atoms. The molecule has 0 unspecified atom stereocenters. The van der Waals surface area contributed by atoms with Gasteiger partial charge < -0.3 is 30.0 Å². The van der Waals surface area contributed by atoms with E-state index in [2.05, 4.69) is 21.8 Å². The van der Waals surface area contributed by atoms with Gasteiger partial charge in [0.15, 0.2) is 12.2 Å². The molecule has 50 heavy (non-hydrogen) atoms. The van der Waals surface area contributed by atoms with Crippen molar-refractivity contribution < 1.29 is 19.8 Å². The Kier molecular flexibility index (Phi) is 8.36. The average Bonchev–Trinajstić information content (AvgIpc) is 3.98. The van der Waals surface area contributed by atoms with Crippen LogP contribution in [0.25, 0.3) is 22.1 Å². The lowest BCUT2D eigenvalue weighted by Gasteiger charge is -2.25. The molecule has 10 nitrogen and oxygen atoms in total. The summed E-state index contributed by atoms with van der Waals surface area (Å²) in [6.45, 7) is 1.13. The number of fused-ring (bicyclic) bond motifs is 2. The Balaban J connectivity index is 0.982. The smallest absolute Gasteiger partial charge is 0.256 e. The summed E-state index contributed by atoms with van der Waals surface area (Å²) in [5.41, 5.74) is 5.99. The fourth-order valence-electron chi connectivity index (χ4n) is 7.17. The second-order valence-electron chi connectivity index (χ2n) is 13.0. The highest BCUT2D eigenvalue weighted by Gasteiger charge is 2.37. The van der Waals surface area contributed by atoms with E-state index in [0.29, 0.717) is 35.9 Å². The molecule has 0 aliphatic carbocycles. The van der Waals surface area contributed by atoms with Crippen molar-refractivity contribution in [1.82, 2.24) is 29.7 Å². The van der Waals surface area contributed by atoms with Gasteiger partial charge in [0, 0.05) is 24.2 Å². The van der Waals surface area contributed by atoms with Crippen molar-refractivity contribution in [1.29, 1.82) is 0 Å². The number of rotatable bonds is 6. The van der Waals surface area contributed by atoms with Crippen LogP contribution >= 0.6 is 0 Å². The molecule has 0 spiro atoms. The van der Waals surface area contributed by atoms with Gasteiger partial charge in [-0.05, 0) is 73.2 Å². The molecule has 8 rings (SSSR count). The number of hydrogen-bond acceptors (Lipinski definition) is 6. The Hall–Kier alpha value is -5.76. The molecule has 4 aromatic carbocycles. The SMILES string of the molecule is O=C([C@H](O)c1ccccc1)N1CCC[C@H]1c1nc2cc(C#Cc3ccc4[nH]c([C@@H]5CCCN5C(=O)[C@H](O)c5ccccc5)nc4c3)ccc2[nH]1. The van der Waals surface area contributed by atoms with Crippen molar-refractivity contribution >= 4 is 33.9 Å². The molecule has 4 heterocycles. The van der Waals surface area contributed by atoms with Gasteiger partial charge in [-0.3, -0.25) is 9.59 Å². The van der Waals surface area contributed by atoms with E-state index in [4.69, 9.17) is 9.97 Å². The Labute approximate surface area is 288 Å². The third-order valence-corrected chi connectivity index (χ3v) is 9.76. The summed E-state index contributed by atoms with van der Waals surface area (Å²) in [5.74, 6) is 7.27. The first kappa shape index (κ1) is 31.5. The molecule has 250 valence electrons. The highest BCUT2D eigenvalue weighted by atomic mass is 16.3. The molecule has 2 aliphatic heterocycles. The molecule has 0 saturated carbocycles. The topological polar surface area (TPSA) is 138 Å². The number of likely N-dealkylation sites (tertiary alicyclic amines) is 2. The van der Waals surface area contributed by atoms with Gasteiger partial charge in [-0.15, -0.1) is 0 Å². The number of hydrogen-bond donors (Lipinski definition) is 4. The number of H-pyrrole nitrogens is 2. The number of aliphatic hydroxyl groups is 2. The van der Waals surface area contributed by atoms with Gasteiger partial charge in [-0.25, -0.2) is 9.97 Å². The first-order chi connectivity index (χ1) is 24.4. The number of carbonyl (C=O) groups excluding carboxylic acids is 2. The minimum absolute atomic E-state index is 0.239. The van der Waals surface area contributed by atoms with Gasteiger partial charge in [0.25, 0.3) is 11.8 Å². The zero-order valence-corrected chi connectivity index (χ0v) is 27.3. The minimum Gasteiger partial charge on any atom is -0.378 e. The van der Waals surface area contributed by atoms with Gasteiger partial charge in [0.1, 0.15) is 11.6 Å². The second kappa shape index (κ2) is 13.3. The van der Waals surface area contributed by atoms with Gasteiger partial charge >= 0.3 is 0 Å². The summed E-state index contributed by atoms with van der Waals surface area (Å²) in [5, 5.41) is 21.5. The molecule has 0 radical (unpaired) electrons. The molecule has 4 N–H and O–H groups in total. The minimum atomic E-state index is -1.21. The summed E-state index contributed by atoms with van der Waals surface area (Å²) >= 11 is 0. The van der Waals surface area contributed by atoms with Crippen LogP contribution in [0.5, 0.6) is 0 Å². The Morgan fingerprint density at radius 2 is 1.06 bits per heavy atom. The maximum atomic E-state index is 13.3. The molecule has 2 amide bonds. The van der Waals surface area contributed by atoms with Crippen LogP contribution in [0.2, 0.25) is 0 Å². The molecule has 2 aromatic heterocycles. The summed E-state index contributed by atoms with van der Waals surface area (Å²) in [7, 11) is 0. The van der Waals surface area contributed by atoms with Gasteiger partial charge in [0.2, 0.25) is 0 Å². The van der Waals surface area contributed by atoms with Gasteiger partial charge in [0.05, 0.1) is 34.2 Å². The van der Waals surface area contributed by atoms with Crippen LogP contribution in [-0.2, 0) is 9.59 Å². The number of aromatic amines is 2. The Morgan fingerprint density at radius 1 is 0.640 bits per heavy atom. The normalized spacial score (nSPS) is 18.7. The standard InChI is InChI=1S/C40H36N6O4/c47-35(27-9-3-1-4-10-27)39(49)45-21-7-13-33(45)37-41-29-19-17-25(23-31(29)43-37)15-16-26-18-20-30-32(24-26)44-38(42-30)34-14-8-22-46(34)40(50)36(48)28-11-5-2-6-12-28/h1-6,9-12,17-20,23-24,33-36,47-48H,7-8,13-14,21-22H2,(H,41,43)(H,42,44)/t33-,34-,35+,36+/m0/s1. The predicted molar refractivity (Wildman–Crippen MR) is 188 cm³/mol. The van der Waals surface area contributed by atoms with E-state index in [-0.39, 0.29) is 23.9 Å². The monoisotopic (exact) mass is 664 g/mol. The lowest BCUT2D eigenvalue weighted by Crippen LogP contribution is -2.35. The van der Waals surface area contributed by atoms with Crippen LogP contribution in [0.15, 0.2) is 97.1 Å². The first-order valence-electron chi connectivity index (χ1n) is 17.0. The summed E-state index contributed by atoms with van der Waals surface area (Å²) in [6, 6.07) is 29.2. The number of nitrogens with one attached hydrogen (secondary N) is 2. The lowest BCUT2D eigenvalue weighted by molar-refractivity contribution is -0.142. The highest BCUT2D eigenvalue weighted by Crippen LogP contribution is 2.35. The molecule has 2 fully saturated rings. The van der Waals surface area contributed by atoms with Crippen molar-refractivity contribution in [2.24, 2.45) is 0 Å². The zero-order valence-electron chi connectivity index (χ0n) is 27.3. The van der Waals surface area contributed by atoms with Crippen molar-refractivity contribution in [3.8, 4) is 11.8 Å². The van der Waals surface area contributed by atoms with Crippen LogP contribution in [-0.4, -0.2) is 64.9 Å². The van der Waals surface area contributed by atoms with Crippen molar-refractivity contribution in [2.75, 3.05) is 13.1 Å². The number of benzene rings is 4. The first-order valence-corrected chi connectivity index (χ1v) is 17.0. The Bertz CT molecular complexity index is 2100. The van der Waals surface area contributed by atoms with Gasteiger partial charge in [-0.2, -0.15) is 0 Å². The predicted octanol–water partition coefficient (Wildman–Crippen LogP) is 5.63. The van der Waals surface area contributed by atoms with E-state index in [0.717, 1.165) is 58.9 Å². The maximum absolute atomic E-state index is 13.3. The van der Waals surface area contributed by atoms with Crippen LogP contribution in [0.1, 0.15) is 83.9 Å². The number of carbonyl (C=O) groups is 2. The fourth-order valence-corrected chi connectivity index (χ4v) is 7.17. The van der Waals surface area contributed by atoms with Crippen LogP contribution in [0.4, 0.5) is 0 Å². The largest absolute Gasteiger partial charge is 0.378 e. The van der Waals surface area contributed by atoms with Crippen molar-refractivity contribution in [3.63, 3.8) is 0 Å². The molecule has 4 atom stereocenters. The van der Waals surface area contributed by atoms with E-state index in [1.165, 1.54) is 0 Å². The van der Waals surface area contributed by atoms with E-state index < -0.39 is 12.2 Å². The third kappa shape index (κ3) is 6.02. The number of nitrogens with zero attached hydrogens (tertiary/aromatic N) is 4. The molecule has 2 aliphatic rings. The third-order valence-electron chi connectivity index (χ3n) is 9.76. The fraction of sp³-hybridized carbons (Fsp3) is 0.250. The molecule has 2 saturated heterocycles. The molecule has 6 aromatic rings. The number of amides is 2. The van der Waals surface area contributed by atoms with Crippen LogP contribution in [0.3, 0.4) is 0 Å². The summed E-state index contributed by atoms with van der Waals surface area (Å²) in [6.07, 6.45) is 0.778. The molecule has 10 heteroatoms.